The molecule has 2 aromatic heterocycles. The highest BCUT2D eigenvalue weighted by molar-refractivity contribution is 5.45. The number of aromatic amines is 1. The minimum absolute atomic E-state index is 0.216. The lowest BCUT2D eigenvalue weighted by atomic mass is 10.4. The first-order valence-electron chi connectivity index (χ1n) is 3.95. The van der Waals surface area contributed by atoms with Crippen molar-refractivity contribution < 1.29 is 0 Å². The Hall–Kier alpha value is -2.29. The summed E-state index contributed by atoms with van der Waals surface area (Å²) in [4.78, 5) is 12.0. The molecule has 1 N–H and O–H groups in total. The molecule has 2 rings (SSSR count). The summed E-state index contributed by atoms with van der Waals surface area (Å²) in [7, 11) is 0. The number of nitriles is 1. The quantitative estimate of drug-likeness (QED) is 0.729. The summed E-state index contributed by atoms with van der Waals surface area (Å²) in [6.07, 6.45) is 4.93. The van der Waals surface area contributed by atoms with E-state index in [1.54, 1.807) is 18.6 Å². The number of H-pyrrole nitrogens is 1. The van der Waals surface area contributed by atoms with E-state index < -0.39 is 0 Å². The minimum Gasteiger partial charge on any atom is -0.262 e. The number of nitrogens with one attached hydrogen (secondary N) is 1. The van der Waals surface area contributed by atoms with Gasteiger partial charge in [-0.3, -0.25) is 10.1 Å². The summed E-state index contributed by atoms with van der Waals surface area (Å²) in [6, 6.07) is 1.98. The van der Waals surface area contributed by atoms with Crippen LogP contribution in [0, 0.1) is 11.3 Å². The fraction of sp³-hybridized carbons (Fsp3) is 0.125. The van der Waals surface area contributed by atoms with Crippen molar-refractivity contribution >= 4 is 0 Å². The van der Waals surface area contributed by atoms with Crippen molar-refractivity contribution in [2.75, 3.05) is 0 Å². The zero-order valence-corrected chi connectivity index (χ0v) is 7.18. The molecule has 0 saturated carbocycles. The van der Waals surface area contributed by atoms with Crippen LogP contribution in [0.1, 0.15) is 5.82 Å². The van der Waals surface area contributed by atoms with Crippen molar-refractivity contribution in [3.8, 4) is 17.6 Å². The average Bonchev–Trinajstić information content (AvgIpc) is 2.68. The highest BCUT2D eigenvalue weighted by Crippen LogP contribution is 2.08. The molecule has 0 unspecified atom stereocenters. The average molecular weight is 186 g/mol. The van der Waals surface area contributed by atoms with Crippen LogP contribution in [-0.4, -0.2) is 25.1 Å². The van der Waals surface area contributed by atoms with Gasteiger partial charge in [0, 0.05) is 12.4 Å². The molecule has 0 aliphatic rings. The first kappa shape index (κ1) is 8.31. The number of hydrogen-bond acceptors (Lipinski definition) is 5. The number of aromatic nitrogens is 5. The summed E-state index contributed by atoms with van der Waals surface area (Å²) in [5, 5.41) is 15.0. The Kier molecular flexibility index (Phi) is 2.15. The molecule has 2 heterocycles. The zero-order valence-electron chi connectivity index (χ0n) is 7.18. The summed E-state index contributed by atoms with van der Waals surface area (Å²) < 4.78 is 0. The summed E-state index contributed by atoms with van der Waals surface area (Å²) in [5.41, 5.74) is 0.591. The second-order valence-electron chi connectivity index (χ2n) is 2.53. The van der Waals surface area contributed by atoms with E-state index in [4.69, 9.17) is 5.26 Å². The van der Waals surface area contributed by atoms with E-state index in [2.05, 4.69) is 25.1 Å². The maximum absolute atomic E-state index is 8.43. The van der Waals surface area contributed by atoms with Gasteiger partial charge >= 0.3 is 0 Å². The molecule has 0 bridgehead atoms. The Bertz CT molecular complexity index is 454. The summed E-state index contributed by atoms with van der Waals surface area (Å²) >= 11 is 0. The normalized spacial score (nSPS) is 9.64. The maximum atomic E-state index is 8.43. The first-order valence-corrected chi connectivity index (χ1v) is 3.95. The van der Waals surface area contributed by atoms with Gasteiger partial charge in [-0.15, -0.1) is 0 Å². The number of hydrogen-bond donors (Lipinski definition) is 1. The van der Waals surface area contributed by atoms with Gasteiger partial charge in [0.25, 0.3) is 0 Å². The lowest BCUT2D eigenvalue weighted by Gasteiger charge is -1.89. The van der Waals surface area contributed by atoms with E-state index in [0.29, 0.717) is 17.3 Å². The topological polar surface area (TPSA) is 91.1 Å². The van der Waals surface area contributed by atoms with Gasteiger partial charge in [0.15, 0.2) is 0 Å². The highest BCUT2D eigenvalue weighted by atomic mass is 15.2. The van der Waals surface area contributed by atoms with Crippen molar-refractivity contribution in [2.24, 2.45) is 0 Å². The van der Waals surface area contributed by atoms with Crippen LogP contribution in [0.5, 0.6) is 0 Å². The zero-order chi connectivity index (χ0) is 9.80. The fourth-order valence-electron chi connectivity index (χ4n) is 0.978. The van der Waals surface area contributed by atoms with Crippen LogP contribution in [0.15, 0.2) is 18.6 Å². The van der Waals surface area contributed by atoms with E-state index in [1.165, 1.54) is 0 Å². The minimum atomic E-state index is 0.216. The molecule has 0 spiro atoms. The van der Waals surface area contributed by atoms with Gasteiger partial charge in [-0.1, -0.05) is 0 Å². The van der Waals surface area contributed by atoms with Crippen molar-refractivity contribution in [2.45, 2.75) is 6.42 Å². The van der Waals surface area contributed by atoms with E-state index in [0.717, 1.165) is 0 Å². The van der Waals surface area contributed by atoms with Crippen LogP contribution in [0.4, 0.5) is 0 Å². The van der Waals surface area contributed by atoms with E-state index in [-0.39, 0.29) is 6.42 Å². The molecule has 0 amide bonds. The molecule has 2 aromatic rings. The predicted molar refractivity (Wildman–Crippen MR) is 46.7 cm³/mol. The van der Waals surface area contributed by atoms with Crippen LogP contribution in [0.25, 0.3) is 11.5 Å². The molecule has 0 aromatic carbocycles. The molecule has 14 heavy (non-hydrogen) atoms. The Morgan fingerprint density at radius 1 is 1.43 bits per heavy atom. The third-order valence-electron chi connectivity index (χ3n) is 1.57. The Balaban J connectivity index is 2.31. The Morgan fingerprint density at radius 2 is 2.36 bits per heavy atom. The van der Waals surface area contributed by atoms with Crippen LogP contribution in [0.2, 0.25) is 0 Å². The first-order chi connectivity index (χ1) is 6.90. The monoisotopic (exact) mass is 186 g/mol. The molecule has 0 aliphatic heterocycles. The molecule has 0 atom stereocenters. The largest absolute Gasteiger partial charge is 0.262 e. The smallest absolute Gasteiger partial charge is 0.201 e. The lowest BCUT2D eigenvalue weighted by Crippen LogP contribution is -1.86. The third-order valence-corrected chi connectivity index (χ3v) is 1.57. The molecule has 0 saturated heterocycles. The molecule has 6 heteroatoms. The van der Waals surface area contributed by atoms with Crippen LogP contribution >= 0.6 is 0 Å². The van der Waals surface area contributed by atoms with Crippen LogP contribution < -0.4 is 0 Å². The van der Waals surface area contributed by atoms with Crippen molar-refractivity contribution in [1.29, 1.82) is 5.26 Å². The summed E-state index contributed by atoms with van der Waals surface area (Å²) in [6.45, 7) is 0. The van der Waals surface area contributed by atoms with Gasteiger partial charge < -0.3 is 0 Å². The van der Waals surface area contributed by atoms with E-state index in [1.807, 2.05) is 6.07 Å². The van der Waals surface area contributed by atoms with Crippen molar-refractivity contribution in [3.05, 3.63) is 24.4 Å². The predicted octanol–water partition coefficient (Wildman–Crippen LogP) is 0.328. The second kappa shape index (κ2) is 3.62. The molecular formula is C8H6N6. The molecule has 68 valence electrons. The molecule has 0 fully saturated rings. The van der Waals surface area contributed by atoms with Gasteiger partial charge in [0.1, 0.15) is 11.5 Å². The molecule has 6 nitrogen and oxygen atoms in total. The third kappa shape index (κ3) is 1.56. The van der Waals surface area contributed by atoms with Gasteiger partial charge in [-0.05, 0) is 0 Å². The SMILES string of the molecule is N#CCc1nc(-c2cnccn2)n[nH]1. The van der Waals surface area contributed by atoms with E-state index in [9.17, 15) is 0 Å². The molecular weight excluding hydrogens is 180 g/mol. The van der Waals surface area contributed by atoms with E-state index >= 15 is 0 Å². The maximum Gasteiger partial charge on any atom is 0.201 e. The van der Waals surface area contributed by atoms with Crippen molar-refractivity contribution in [3.63, 3.8) is 0 Å². The van der Waals surface area contributed by atoms with Crippen LogP contribution in [0.3, 0.4) is 0 Å². The number of nitrogens with zero attached hydrogens (tertiary/aromatic N) is 5. The Morgan fingerprint density at radius 3 is 3.07 bits per heavy atom. The highest BCUT2D eigenvalue weighted by Gasteiger charge is 2.05. The van der Waals surface area contributed by atoms with Gasteiger partial charge in [-0.2, -0.15) is 10.4 Å². The molecule has 0 aliphatic carbocycles. The molecule has 0 radical (unpaired) electrons. The van der Waals surface area contributed by atoms with Gasteiger partial charge in [0.05, 0.1) is 18.7 Å². The van der Waals surface area contributed by atoms with Gasteiger partial charge in [-0.25, -0.2) is 9.97 Å². The Labute approximate surface area is 79.7 Å². The van der Waals surface area contributed by atoms with Crippen molar-refractivity contribution in [1.82, 2.24) is 25.1 Å². The summed E-state index contributed by atoms with van der Waals surface area (Å²) in [5.74, 6) is 0.997. The standard InChI is InChI=1S/C8H6N6/c9-2-1-7-12-8(14-13-7)6-5-10-3-4-11-6/h3-5H,1H2,(H,12,13,14). The van der Waals surface area contributed by atoms with Crippen LogP contribution in [-0.2, 0) is 6.42 Å². The second-order valence-corrected chi connectivity index (χ2v) is 2.53. The fourth-order valence-corrected chi connectivity index (χ4v) is 0.978. The number of rotatable bonds is 2. The van der Waals surface area contributed by atoms with Gasteiger partial charge in [0.2, 0.25) is 5.82 Å². The lowest BCUT2D eigenvalue weighted by molar-refractivity contribution is 0.995.